The number of amides is 1. The van der Waals surface area contributed by atoms with Crippen molar-refractivity contribution in [1.29, 1.82) is 0 Å². The van der Waals surface area contributed by atoms with Gasteiger partial charge < -0.3 is 15.8 Å². The highest BCUT2D eigenvalue weighted by molar-refractivity contribution is 7.95. The van der Waals surface area contributed by atoms with Crippen molar-refractivity contribution in [1.82, 2.24) is 5.32 Å². The van der Waals surface area contributed by atoms with Crippen molar-refractivity contribution in [2.24, 2.45) is 5.73 Å². The minimum Gasteiger partial charge on any atom is -0.464 e. The average Bonchev–Trinajstić information content (AvgIpc) is 2.92. The predicted molar refractivity (Wildman–Crippen MR) is 150 cm³/mol. The summed E-state index contributed by atoms with van der Waals surface area (Å²) in [7, 11) is -1.83. The molecule has 1 amide bonds. The normalized spacial score (nSPS) is 12.1. The van der Waals surface area contributed by atoms with E-state index in [1.54, 1.807) is 0 Å². The molecule has 0 saturated heterocycles. The summed E-state index contributed by atoms with van der Waals surface area (Å²) in [6.07, 6.45) is 3.76. The first kappa shape index (κ1) is 26.9. The van der Waals surface area contributed by atoms with Crippen LogP contribution in [0.4, 0.5) is 0 Å². The van der Waals surface area contributed by atoms with Gasteiger partial charge in [0, 0.05) is 5.75 Å². The Labute approximate surface area is 214 Å². The lowest BCUT2D eigenvalue weighted by Gasteiger charge is -2.27. The first-order chi connectivity index (χ1) is 17.1. The van der Waals surface area contributed by atoms with Gasteiger partial charge in [-0.15, -0.1) is 0 Å². The van der Waals surface area contributed by atoms with Gasteiger partial charge in [-0.1, -0.05) is 54.6 Å². The Balaban J connectivity index is 1.63. The largest absolute Gasteiger partial charge is 0.464 e. The van der Waals surface area contributed by atoms with Gasteiger partial charge >= 0.3 is 5.97 Å². The molecule has 0 radical (unpaired) electrons. The molecule has 0 aliphatic rings. The highest BCUT2D eigenvalue weighted by atomic mass is 32.1. The Kier molecular flexibility index (Phi) is 10.8. The number of hydrogen-bond acceptors (Lipinski definition) is 5. The molecule has 0 aliphatic carbocycles. The monoisotopic (exact) mass is 509 g/mol. The van der Waals surface area contributed by atoms with E-state index in [4.69, 9.17) is 10.5 Å². The standard InChI is InChI=1S/C28H33N2O3PS/c29-26(22-35)28(32)30-21-27(31)33-19-11-4-12-20-34(23-13-5-1-6-14-23,24-15-7-2-8-16-24)25-17-9-3-10-18-25/h1-3,5-10,13-18,26H,4,11-12,19-22,29H2,(H-,30,32,35)/p+1/t26-/m0/s1. The maximum absolute atomic E-state index is 11.9. The van der Waals surface area contributed by atoms with Crippen molar-refractivity contribution in [3.63, 3.8) is 0 Å². The molecule has 0 aromatic heterocycles. The van der Waals surface area contributed by atoms with E-state index in [1.807, 2.05) is 0 Å². The number of ether oxygens (including phenoxy) is 1. The Morgan fingerprint density at radius 2 is 1.29 bits per heavy atom. The van der Waals surface area contributed by atoms with Crippen molar-refractivity contribution in [2.75, 3.05) is 25.1 Å². The van der Waals surface area contributed by atoms with Crippen LogP contribution in [0, 0.1) is 0 Å². The predicted octanol–water partition coefficient (Wildman–Crippen LogP) is 3.07. The Bertz CT molecular complexity index is 955. The third-order valence-corrected chi connectivity index (χ3v) is 10.9. The van der Waals surface area contributed by atoms with Gasteiger partial charge in [0.25, 0.3) is 0 Å². The van der Waals surface area contributed by atoms with E-state index < -0.39 is 25.2 Å². The molecule has 1 atom stereocenters. The van der Waals surface area contributed by atoms with Crippen LogP contribution in [0.3, 0.4) is 0 Å². The third-order valence-electron chi connectivity index (χ3n) is 5.93. The van der Waals surface area contributed by atoms with Gasteiger partial charge in [-0.05, 0) is 55.7 Å². The van der Waals surface area contributed by atoms with E-state index in [-0.39, 0.29) is 12.3 Å². The van der Waals surface area contributed by atoms with Crippen molar-refractivity contribution in [2.45, 2.75) is 25.3 Å². The van der Waals surface area contributed by atoms with E-state index in [1.165, 1.54) is 15.9 Å². The lowest BCUT2D eigenvalue weighted by molar-refractivity contribution is -0.144. The van der Waals surface area contributed by atoms with E-state index in [2.05, 4.69) is 109 Å². The van der Waals surface area contributed by atoms with Crippen LogP contribution in [-0.2, 0) is 14.3 Å². The highest BCUT2D eigenvalue weighted by Gasteiger charge is 2.44. The molecule has 3 N–H and O–H groups in total. The quantitative estimate of drug-likeness (QED) is 0.143. The van der Waals surface area contributed by atoms with Crippen LogP contribution in [0.2, 0.25) is 0 Å². The Hall–Kier alpha value is -2.66. The van der Waals surface area contributed by atoms with Gasteiger partial charge in [0.2, 0.25) is 5.91 Å². The number of rotatable bonds is 13. The van der Waals surface area contributed by atoms with Crippen LogP contribution in [0.5, 0.6) is 0 Å². The number of nitrogens with one attached hydrogen (secondary N) is 1. The molecule has 0 spiro atoms. The number of carbonyl (C=O) groups excluding carboxylic acids is 2. The minimum absolute atomic E-state index is 0.176. The molecule has 0 fully saturated rings. The van der Waals surface area contributed by atoms with Gasteiger partial charge in [0.1, 0.15) is 29.7 Å². The molecule has 0 bridgehead atoms. The maximum atomic E-state index is 11.9. The summed E-state index contributed by atoms with van der Waals surface area (Å²) in [4.78, 5) is 23.6. The summed E-state index contributed by atoms with van der Waals surface area (Å²) in [5, 5.41) is 6.60. The van der Waals surface area contributed by atoms with Crippen LogP contribution >= 0.6 is 19.9 Å². The molecule has 3 rings (SSSR count). The van der Waals surface area contributed by atoms with Crippen molar-refractivity contribution in [3.05, 3.63) is 91.0 Å². The SMILES string of the molecule is N[C@@H](CS)C(=O)NCC(=O)OCCCCC[P+](c1ccccc1)(c1ccccc1)c1ccccc1. The zero-order valence-electron chi connectivity index (χ0n) is 19.9. The molecule has 0 saturated carbocycles. The first-order valence-corrected chi connectivity index (χ1v) is 14.5. The molecule has 3 aromatic rings. The molecule has 5 nitrogen and oxygen atoms in total. The highest BCUT2D eigenvalue weighted by Crippen LogP contribution is 2.55. The van der Waals surface area contributed by atoms with Crippen molar-refractivity contribution >= 4 is 47.7 Å². The van der Waals surface area contributed by atoms with E-state index in [0.717, 1.165) is 25.4 Å². The van der Waals surface area contributed by atoms with Gasteiger partial charge in [0.05, 0.1) is 18.8 Å². The maximum Gasteiger partial charge on any atom is 0.325 e. The first-order valence-electron chi connectivity index (χ1n) is 11.9. The van der Waals surface area contributed by atoms with Gasteiger partial charge in [-0.3, -0.25) is 9.59 Å². The average molecular weight is 510 g/mol. The van der Waals surface area contributed by atoms with Crippen LogP contribution < -0.4 is 27.0 Å². The summed E-state index contributed by atoms with van der Waals surface area (Å²) in [6, 6.07) is 31.7. The van der Waals surface area contributed by atoms with Crippen molar-refractivity contribution < 1.29 is 14.3 Å². The van der Waals surface area contributed by atoms with E-state index in [9.17, 15) is 9.59 Å². The number of nitrogens with two attached hydrogens (primary N) is 1. The second kappa shape index (κ2) is 14.0. The molecular weight excluding hydrogens is 475 g/mol. The summed E-state index contributed by atoms with van der Waals surface area (Å²) >= 11 is 3.98. The fourth-order valence-electron chi connectivity index (χ4n) is 4.12. The lowest BCUT2D eigenvalue weighted by atomic mass is 10.3. The zero-order chi connectivity index (χ0) is 24.9. The molecule has 3 aromatic carbocycles. The fourth-order valence-corrected chi connectivity index (χ4v) is 8.70. The van der Waals surface area contributed by atoms with Gasteiger partial charge in [-0.25, -0.2) is 0 Å². The second-order valence-corrected chi connectivity index (χ2v) is 12.3. The summed E-state index contributed by atoms with van der Waals surface area (Å²) in [5.74, 6) is -0.635. The van der Waals surface area contributed by atoms with E-state index in [0.29, 0.717) is 6.61 Å². The van der Waals surface area contributed by atoms with Crippen LogP contribution in [0.25, 0.3) is 0 Å². The number of esters is 1. The molecule has 0 aliphatic heterocycles. The number of hydrogen-bond donors (Lipinski definition) is 3. The third kappa shape index (κ3) is 7.41. The summed E-state index contributed by atoms with van der Waals surface area (Å²) < 4.78 is 5.29. The molecule has 35 heavy (non-hydrogen) atoms. The molecular formula is C28H34N2O3PS+. The number of thiol groups is 1. The smallest absolute Gasteiger partial charge is 0.325 e. The zero-order valence-corrected chi connectivity index (χ0v) is 21.7. The van der Waals surface area contributed by atoms with Crippen LogP contribution in [-0.4, -0.2) is 43.0 Å². The molecule has 0 unspecified atom stereocenters. The summed E-state index contributed by atoms with van der Waals surface area (Å²) in [6.45, 7) is 0.158. The van der Waals surface area contributed by atoms with E-state index >= 15 is 0 Å². The van der Waals surface area contributed by atoms with Crippen LogP contribution in [0.1, 0.15) is 19.3 Å². The fraction of sp³-hybridized carbons (Fsp3) is 0.286. The number of unbranched alkanes of at least 4 members (excludes halogenated alkanes) is 2. The number of carbonyl (C=O) groups is 2. The molecule has 7 heteroatoms. The Morgan fingerprint density at radius 3 is 1.74 bits per heavy atom. The topological polar surface area (TPSA) is 81.4 Å². The second-order valence-electron chi connectivity index (χ2n) is 8.33. The summed E-state index contributed by atoms with van der Waals surface area (Å²) in [5.41, 5.74) is 5.58. The van der Waals surface area contributed by atoms with Crippen LogP contribution in [0.15, 0.2) is 91.0 Å². The molecule has 184 valence electrons. The molecule has 0 heterocycles. The number of benzene rings is 3. The van der Waals surface area contributed by atoms with Gasteiger partial charge in [0.15, 0.2) is 0 Å². The lowest BCUT2D eigenvalue weighted by Crippen LogP contribution is -2.43. The Morgan fingerprint density at radius 1 is 0.800 bits per heavy atom. The van der Waals surface area contributed by atoms with Crippen molar-refractivity contribution in [3.8, 4) is 0 Å². The van der Waals surface area contributed by atoms with Gasteiger partial charge in [-0.2, -0.15) is 12.6 Å². The minimum atomic E-state index is -1.83.